The van der Waals surface area contributed by atoms with Crippen LogP contribution in [0.3, 0.4) is 0 Å². The largest absolute Gasteiger partial charge is 0.490 e. The molecule has 0 aromatic heterocycles. The molecule has 0 radical (unpaired) electrons. The second-order valence-corrected chi connectivity index (χ2v) is 11.5. The molecular formula is C36H39F3O. The summed E-state index contributed by atoms with van der Waals surface area (Å²) in [6.07, 6.45) is 14.0. The van der Waals surface area contributed by atoms with Gasteiger partial charge in [-0.2, -0.15) is 4.39 Å². The van der Waals surface area contributed by atoms with Crippen molar-refractivity contribution in [1.29, 1.82) is 0 Å². The predicted octanol–water partition coefficient (Wildman–Crippen LogP) is 10.7. The van der Waals surface area contributed by atoms with E-state index in [9.17, 15) is 8.78 Å². The Morgan fingerprint density at radius 3 is 1.95 bits per heavy atom. The predicted molar refractivity (Wildman–Crippen MR) is 158 cm³/mol. The van der Waals surface area contributed by atoms with Crippen LogP contribution in [0.1, 0.15) is 69.3 Å². The molecule has 2 aliphatic carbocycles. The first-order valence-corrected chi connectivity index (χ1v) is 14.7. The molecule has 2 saturated carbocycles. The quantitative estimate of drug-likeness (QED) is 0.192. The molecule has 0 spiro atoms. The molecule has 2 fully saturated rings. The molecule has 0 heterocycles. The Morgan fingerprint density at radius 2 is 1.32 bits per heavy atom. The lowest BCUT2D eigenvalue weighted by molar-refractivity contribution is 0.171. The van der Waals surface area contributed by atoms with Crippen LogP contribution in [0.2, 0.25) is 0 Å². The Labute approximate surface area is 236 Å². The molecule has 0 N–H and O–H groups in total. The SMILES string of the molecule is C=CCCOc1ccc(-c2ccc(-c3ccc(C4CCC(C5CCC(C=C)CC5)CC4)c(F)c3)cc2)c(F)c1F. The van der Waals surface area contributed by atoms with Crippen LogP contribution < -0.4 is 4.74 Å². The van der Waals surface area contributed by atoms with E-state index < -0.39 is 11.6 Å². The highest BCUT2D eigenvalue weighted by Crippen LogP contribution is 2.44. The fraction of sp³-hybridized carbons (Fsp3) is 0.389. The average molecular weight is 545 g/mol. The van der Waals surface area contributed by atoms with E-state index in [2.05, 4.69) is 19.2 Å². The lowest BCUT2D eigenvalue weighted by Crippen LogP contribution is -2.25. The third-order valence-corrected chi connectivity index (χ3v) is 9.18. The van der Waals surface area contributed by atoms with E-state index in [1.54, 1.807) is 24.3 Å². The molecular weight excluding hydrogens is 505 g/mol. The molecule has 0 unspecified atom stereocenters. The second kappa shape index (κ2) is 12.9. The molecule has 0 saturated heterocycles. The highest BCUT2D eigenvalue weighted by molar-refractivity contribution is 5.71. The minimum atomic E-state index is -1.00. The second-order valence-electron chi connectivity index (χ2n) is 11.5. The van der Waals surface area contributed by atoms with E-state index in [1.807, 2.05) is 24.3 Å². The lowest BCUT2D eigenvalue weighted by atomic mass is 9.68. The number of rotatable bonds is 9. The van der Waals surface area contributed by atoms with Crippen LogP contribution in [0.5, 0.6) is 5.75 Å². The zero-order valence-corrected chi connectivity index (χ0v) is 23.2. The van der Waals surface area contributed by atoms with Crippen LogP contribution in [0.25, 0.3) is 22.3 Å². The minimum Gasteiger partial charge on any atom is -0.490 e. The lowest BCUT2D eigenvalue weighted by Gasteiger charge is -2.37. The van der Waals surface area contributed by atoms with Gasteiger partial charge in [0.15, 0.2) is 11.6 Å². The number of ether oxygens (including phenoxy) is 1. The summed E-state index contributed by atoms with van der Waals surface area (Å²) < 4.78 is 49.9. The highest BCUT2D eigenvalue weighted by atomic mass is 19.2. The van der Waals surface area contributed by atoms with Crippen LogP contribution in [-0.4, -0.2) is 6.61 Å². The fourth-order valence-electron chi connectivity index (χ4n) is 6.75. The van der Waals surface area contributed by atoms with E-state index in [4.69, 9.17) is 4.74 Å². The smallest absolute Gasteiger partial charge is 0.201 e. The van der Waals surface area contributed by atoms with E-state index in [1.165, 1.54) is 50.7 Å². The van der Waals surface area contributed by atoms with E-state index in [0.717, 1.165) is 41.4 Å². The van der Waals surface area contributed by atoms with Crippen molar-refractivity contribution in [3.8, 4) is 28.0 Å². The summed E-state index contributed by atoms with van der Waals surface area (Å²) in [5, 5.41) is 0. The summed E-state index contributed by atoms with van der Waals surface area (Å²) in [6, 6.07) is 15.6. The molecule has 3 aromatic carbocycles. The molecule has 210 valence electrons. The molecule has 0 amide bonds. The molecule has 2 aliphatic rings. The number of benzene rings is 3. The normalized spacial score (nSPS) is 23.0. The summed E-state index contributed by atoms with van der Waals surface area (Å²) in [4.78, 5) is 0. The van der Waals surface area contributed by atoms with E-state index >= 15 is 4.39 Å². The number of hydrogen-bond donors (Lipinski definition) is 0. The van der Waals surface area contributed by atoms with Crippen molar-refractivity contribution in [3.05, 3.63) is 103 Å². The summed E-state index contributed by atoms with van der Waals surface area (Å²) >= 11 is 0. The van der Waals surface area contributed by atoms with Crippen LogP contribution in [0, 0.1) is 35.2 Å². The van der Waals surface area contributed by atoms with Crippen LogP contribution in [0.4, 0.5) is 13.2 Å². The molecule has 0 bridgehead atoms. The Morgan fingerprint density at radius 1 is 0.700 bits per heavy atom. The minimum absolute atomic E-state index is 0.112. The molecule has 4 heteroatoms. The Kier molecular flexibility index (Phi) is 9.14. The standard InChI is InChI=1S/C36H39F3O/c1-3-5-22-40-34-21-20-32(35(38)36(34)39)29-16-12-27(13-17-29)30-18-19-31(33(37)23-30)28-14-10-26(11-15-28)25-8-6-24(4-2)7-9-25/h3-4,12-13,16-21,23-26,28H,1-2,5-11,14-15,22H2. The maximum absolute atomic E-state index is 15.3. The van der Waals surface area contributed by atoms with Crippen molar-refractivity contribution in [3.63, 3.8) is 0 Å². The van der Waals surface area contributed by atoms with Gasteiger partial charge in [-0.3, -0.25) is 0 Å². The topological polar surface area (TPSA) is 9.23 Å². The van der Waals surface area contributed by atoms with Gasteiger partial charge in [0.2, 0.25) is 5.82 Å². The van der Waals surface area contributed by atoms with Gasteiger partial charge >= 0.3 is 0 Å². The van der Waals surface area contributed by atoms with Crippen molar-refractivity contribution in [2.24, 2.45) is 17.8 Å². The first kappa shape index (κ1) is 28.3. The van der Waals surface area contributed by atoms with Gasteiger partial charge in [0.1, 0.15) is 5.82 Å². The van der Waals surface area contributed by atoms with Gasteiger partial charge in [-0.25, -0.2) is 8.78 Å². The van der Waals surface area contributed by atoms with Crippen molar-refractivity contribution < 1.29 is 17.9 Å². The van der Waals surface area contributed by atoms with Gasteiger partial charge in [-0.1, -0.05) is 48.6 Å². The summed E-state index contributed by atoms with van der Waals surface area (Å²) in [5.74, 6) is 0.360. The average Bonchev–Trinajstić information content (AvgIpc) is 3.00. The maximum Gasteiger partial charge on any atom is 0.201 e. The number of hydrogen-bond acceptors (Lipinski definition) is 1. The zero-order valence-electron chi connectivity index (χ0n) is 23.2. The van der Waals surface area contributed by atoms with Gasteiger partial charge < -0.3 is 4.74 Å². The number of halogens is 3. The van der Waals surface area contributed by atoms with Crippen molar-refractivity contribution in [2.75, 3.05) is 6.61 Å². The van der Waals surface area contributed by atoms with Gasteiger partial charge in [0.25, 0.3) is 0 Å². The summed E-state index contributed by atoms with van der Waals surface area (Å²) in [5.41, 5.74) is 3.13. The molecule has 40 heavy (non-hydrogen) atoms. The number of allylic oxidation sites excluding steroid dienone is 1. The Hall–Kier alpha value is -3.27. The Bertz CT molecular complexity index is 1310. The molecule has 0 atom stereocenters. The highest BCUT2D eigenvalue weighted by Gasteiger charge is 2.31. The molecule has 1 nitrogen and oxygen atoms in total. The third kappa shape index (κ3) is 6.22. The van der Waals surface area contributed by atoms with Gasteiger partial charge in [0, 0.05) is 5.56 Å². The zero-order chi connectivity index (χ0) is 28.1. The van der Waals surface area contributed by atoms with Gasteiger partial charge in [-0.05, 0) is 122 Å². The maximum atomic E-state index is 15.3. The van der Waals surface area contributed by atoms with Crippen LogP contribution in [-0.2, 0) is 0 Å². The van der Waals surface area contributed by atoms with Crippen LogP contribution >= 0.6 is 0 Å². The third-order valence-electron chi connectivity index (χ3n) is 9.18. The summed E-state index contributed by atoms with van der Waals surface area (Å²) in [6.45, 7) is 7.80. The first-order valence-electron chi connectivity index (χ1n) is 14.7. The van der Waals surface area contributed by atoms with Crippen molar-refractivity contribution >= 4 is 0 Å². The Balaban J connectivity index is 1.22. The van der Waals surface area contributed by atoms with Crippen molar-refractivity contribution in [2.45, 2.75) is 63.7 Å². The first-order chi connectivity index (χ1) is 19.5. The van der Waals surface area contributed by atoms with Gasteiger partial charge in [0.05, 0.1) is 6.61 Å². The van der Waals surface area contributed by atoms with Crippen LogP contribution in [0.15, 0.2) is 79.9 Å². The van der Waals surface area contributed by atoms with E-state index in [0.29, 0.717) is 17.9 Å². The van der Waals surface area contributed by atoms with Crippen molar-refractivity contribution in [1.82, 2.24) is 0 Å². The summed E-state index contributed by atoms with van der Waals surface area (Å²) in [7, 11) is 0. The molecule has 0 aliphatic heterocycles. The fourth-order valence-corrected chi connectivity index (χ4v) is 6.75. The molecule has 3 aromatic rings. The molecule has 5 rings (SSSR count). The monoisotopic (exact) mass is 544 g/mol. The van der Waals surface area contributed by atoms with Gasteiger partial charge in [-0.15, -0.1) is 13.2 Å². The van der Waals surface area contributed by atoms with E-state index in [-0.39, 0.29) is 29.7 Å².